The van der Waals surface area contributed by atoms with Crippen molar-refractivity contribution in [1.82, 2.24) is 0 Å². The lowest BCUT2D eigenvalue weighted by Crippen LogP contribution is -1.88. The average Bonchev–Trinajstić information content (AvgIpc) is 3.09. The molecule has 0 aromatic heterocycles. The lowest BCUT2D eigenvalue weighted by Gasteiger charge is -2.09. The standard InChI is InChI=1S/C44H39N/c1-6-34(40-23-25-44-29-41(35(7-2)30-45)24-26-43(44)28-40)16-13-31(3)32(4)14-17-39-27-42(18-15-33(39)5)38-21-19-37(20-22-38)36-11-9-8-10-12-36/h6-30H,2-4,45H2,1,5H3/b16-13-,17-14-,34-6+,35-30+. The third-order valence-corrected chi connectivity index (χ3v) is 8.16. The predicted octanol–water partition coefficient (Wildman–Crippen LogP) is 11.8. The molecule has 5 aromatic carbocycles. The molecule has 0 aliphatic carbocycles. The van der Waals surface area contributed by atoms with Crippen molar-refractivity contribution in [3.05, 3.63) is 199 Å². The van der Waals surface area contributed by atoms with E-state index < -0.39 is 0 Å². The van der Waals surface area contributed by atoms with E-state index in [4.69, 9.17) is 5.73 Å². The van der Waals surface area contributed by atoms with Crippen LogP contribution in [0.2, 0.25) is 0 Å². The van der Waals surface area contributed by atoms with E-state index in [2.05, 4.69) is 155 Å². The van der Waals surface area contributed by atoms with Gasteiger partial charge in [-0.1, -0.05) is 147 Å². The van der Waals surface area contributed by atoms with E-state index in [1.807, 2.05) is 18.2 Å². The van der Waals surface area contributed by atoms with Crippen molar-refractivity contribution in [2.24, 2.45) is 5.73 Å². The minimum Gasteiger partial charge on any atom is -0.404 e. The summed E-state index contributed by atoms with van der Waals surface area (Å²) in [5.74, 6) is 0. The SMILES string of the molecule is C=C/C(=C\N)c1ccc2cc(C(/C=C\C(=C)C(=C)/C=C\c3cc(-c4ccc(-c5ccccc5)cc4)ccc3C)=C/C)ccc2c1. The Morgan fingerprint density at radius 1 is 0.600 bits per heavy atom. The largest absolute Gasteiger partial charge is 0.404 e. The molecule has 5 aromatic rings. The van der Waals surface area contributed by atoms with Gasteiger partial charge in [-0.15, -0.1) is 0 Å². The fraction of sp³-hybridized carbons (Fsp3) is 0.0455. The first kappa shape index (κ1) is 30.8. The summed E-state index contributed by atoms with van der Waals surface area (Å²) in [7, 11) is 0. The van der Waals surface area contributed by atoms with Crippen LogP contribution in [0, 0.1) is 6.92 Å². The van der Waals surface area contributed by atoms with Crippen LogP contribution in [0.1, 0.15) is 29.2 Å². The molecule has 5 rings (SSSR count). The zero-order valence-electron chi connectivity index (χ0n) is 26.1. The van der Waals surface area contributed by atoms with Gasteiger partial charge in [-0.05, 0) is 110 Å². The lowest BCUT2D eigenvalue weighted by atomic mass is 9.96. The van der Waals surface area contributed by atoms with Crippen LogP contribution in [0.15, 0.2) is 177 Å². The molecule has 2 N–H and O–H groups in total. The Balaban J connectivity index is 1.28. The molecule has 0 bridgehead atoms. The zero-order valence-corrected chi connectivity index (χ0v) is 26.1. The number of nitrogens with two attached hydrogens (primary N) is 1. The normalized spacial score (nSPS) is 12.2. The van der Waals surface area contributed by atoms with Gasteiger partial charge in [0.05, 0.1) is 0 Å². The summed E-state index contributed by atoms with van der Waals surface area (Å²) in [4.78, 5) is 0. The van der Waals surface area contributed by atoms with E-state index in [0.717, 1.165) is 44.4 Å². The molecule has 0 amide bonds. The number of aryl methyl sites for hydroxylation is 1. The van der Waals surface area contributed by atoms with Crippen molar-refractivity contribution in [2.75, 3.05) is 0 Å². The molecule has 0 atom stereocenters. The minimum atomic E-state index is 0.867. The smallest absolute Gasteiger partial charge is 0.00173 e. The number of fused-ring (bicyclic) bond motifs is 1. The summed E-state index contributed by atoms with van der Waals surface area (Å²) in [6, 6.07) is 38.6. The van der Waals surface area contributed by atoms with Gasteiger partial charge in [0.15, 0.2) is 0 Å². The van der Waals surface area contributed by atoms with E-state index in [-0.39, 0.29) is 0 Å². The zero-order chi connectivity index (χ0) is 31.8. The van der Waals surface area contributed by atoms with Crippen LogP contribution in [0.5, 0.6) is 0 Å². The Morgan fingerprint density at radius 2 is 1.16 bits per heavy atom. The molecule has 1 heteroatoms. The van der Waals surface area contributed by atoms with Gasteiger partial charge in [0.25, 0.3) is 0 Å². The Bertz CT molecular complexity index is 1990. The summed E-state index contributed by atoms with van der Waals surface area (Å²) in [5, 5.41) is 2.32. The van der Waals surface area contributed by atoms with Gasteiger partial charge in [-0.2, -0.15) is 0 Å². The highest BCUT2D eigenvalue weighted by molar-refractivity contribution is 5.91. The van der Waals surface area contributed by atoms with Crippen LogP contribution >= 0.6 is 0 Å². The number of hydrogen-bond acceptors (Lipinski definition) is 1. The van der Waals surface area contributed by atoms with Crippen molar-refractivity contribution in [3.8, 4) is 22.3 Å². The predicted molar refractivity (Wildman–Crippen MR) is 198 cm³/mol. The Hall–Kier alpha value is -5.66. The first-order chi connectivity index (χ1) is 21.9. The summed E-state index contributed by atoms with van der Waals surface area (Å²) in [5.41, 5.74) is 18.9. The molecule has 0 fully saturated rings. The van der Waals surface area contributed by atoms with Gasteiger partial charge in [-0.25, -0.2) is 0 Å². The number of rotatable bonds is 10. The highest BCUT2D eigenvalue weighted by Gasteiger charge is 2.05. The maximum absolute atomic E-state index is 5.76. The maximum atomic E-state index is 5.76. The molecule has 0 aliphatic heterocycles. The van der Waals surface area contributed by atoms with Gasteiger partial charge >= 0.3 is 0 Å². The van der Waals surface area contributed by atoms with E-state index in [0.29, 0.717) is 0 Å². The van der Waals surface area contributed by atoms with E-state index in [1.54, 1.807) is 12.3 Å². The quantitative estimate of drug-likeness (QED) is 0.163. The summed E-state index contributed by atoms with van der Waals surface area (Å²) in [6.07, 6.45) is 13.8. The fourth-order valence-corrected chi connectivity index (χ4v) is 5.33. The van der Waals surface area contributed by atoms with Crippen LogP contribution < -0.4 is 5.73 Å². The van der Waals surface area contributed by atoms with Gasteiger partial charge in [0, 0.05) is 6.20 Å². The first-order valence-corrected chi connectivity index (χ1v) is 15.2. The van der Waals surface area contributed by atoms with Crippen molar-refractivity contribution in [2.45, 2.75) is 13.8 Å². The summed E-state index contributed by atoms with van der Waals surface area (Å²) >= 11 is 0. The molecular formula is C44H39N. The minimum absolute atomic E-state index is 0.867. The van der Waals surface area contributed by atoms with Crippen molar-refractivity contribution >= 4 is 28.0 Å². The third-order valence-electron chi connectivity index (χ3n) is 8.16. The molecule has 0 heterocycles. The number of benzene rings is 5. The monoisotopic (exact) mass is 581 g/mol. The van der Waals surface area contributed by atoms with Crippen molar-refractivity contribution in [1.29, 1.82) is 0 Å². The molecule has 0 saturated carbocycles. The van der Waals surface area contributed by atoms with Crippen LogP contribution in [-0.4, -0.2) is 0 Å². The second kappa shape index (κ2) is 14.2. The molecule has 1 nitrogen and oxygen atoms in total. The van der Waals surface area contributed by atoms with Gasteiger partial charge in [0.1, 0.15) is 0 Å². The van der Waals surface area contributed by atoms with Crippen molar-refractivity contribution in [3.63, 3.8) is 0 Å². The number of allylic oxidation sites excluding steroid dienone is 9. The second-order valence-corrected chi connectivity index (χ2v) is 11.1. The fourth-order valence-electron chi connectivity index (χ4n) is 5.33. The van der Waals surface area contributed by atoms with Crippen molar-refractivity contribution < 1.29 is 0 Å². The molecule has 0 saturated heterocycles. The Labute approximate surface area is 268 Å². The van der Waals surface area contributed by atoms with Crippen LogP contribution in [0.4, 0.5) is 0 Å². The lowest BCUT2D eigenvalue weighted by molar-refractivity contribution is 1.44. The third kappa shape index (κ3) is 7.29. The van der Waals surface area contributed by atoms with Gasteiger partial charge < -0.3 is 5.73 Å². The van der Waals surface area contributed by atoms with E-state index >= 15 is 0 Å². The molecular weight excluding hydrogens is 542 g/mol. The van der Waals surface area contributed by atoms with Crippen LogP contribution in [0.3, 0.4) is 0 Å². The first-order valence-electron chi connectivity index (χ1n) is 15.2. The summed E-state index contributed by atoms with van der Waals surface area (Å²) < 4.78 is 0. The molecule has 45 heavy (non-hydrogen) atoms. The van der Waals surface area contributed by atoms with Crippen LogP contribution in [0.25, 0.3) is 50.2 Å². The number of hydrogen-bond donors (Lipinski definition) is 1. The molecule has 0 spiro atoms. The molecule has 0 unspecified atom stereocenters. The Morgan fingerprint density at radius 3 is 1.76 bits per heavy atom. The molecule has 0 aliphatic rings. The van der Waals surface area contributed by atoms with E-state index in [1.165, 1.54) is 33.2 Å². The molecule has 0 radical (unpaired) electrons. The van der Waals surface area contributed by atoms with Crippen LogP contribution in [-0.2, 0) is 0 Å². The summed E-state index contributed by atoms with van der Waals surface area (Å²) in [6.45, 7) is 16.6. The second-order valence-electron chi connectivity index (χ2n) is 11.1. The topological polar surface area (TPSA) is 26.0 Å². The Kier molecular flexibility index (Phi) is 9.72. The highest BCUT2D eigenvalue weighted by atomic mass is 14.5. The van der Waals surface area contributed by atoms with Gasteiger partial charge in [-0.3, -0.25) is 0 Å². The highest BCUT2D eigenvalue weighted by Crippen LogP contribution is 2.29. The molecule has 220 valence electrons. The maximum Gasteiger partial charge on any atom is 0.00173 e. The average molecular weight is 582 g/mol. The van der Waals surface area contributed by atoms with E-state index in [9.17, 15) is 0 Å². The van der Waals surface area contributed by atoms with Gasteiger partial charge in [0.2, 0.25) is 0 Å².